The molecule has 0 heterocycles. The van der Waals surface area contributed by atoms with Gasteiger partial charge in [-0.1, -0.05) is 0 Å². The molecular weight excluding hydrogens is 350 g/mol. The van der Waals surface area contributed by atoms with Crippen molar-refractivity contribution in [1.82, 2.24) is 0 Å². The highest BCUT2D eigenvalue weighted by Crippen LogP contribution is 2.31. The number of hydrogen-bond donors (Lipinski definition) is 1. The van der Waals surface area contributed by atoms with Crippen LogP contribution in [-0.4, -0.2) is 36.2 Å². The number of nitrogen functional groups attached to an aromatic ring is 1. The standard InChI is InChI=1S/C20H29NO6/c1-11-9-14(21)13(10-12(11)16(22)25-8)15(17(23)26-19(2,3)4)18(24)27-20(5,6)7/h9-10,15H,21H2,1-8H3. The van der Waals surface area contributed by atoms with E-state index in [1.54, 1.807) is 48.5 Å². The maximum absolute atomic E-state index is 12.8. The Balaban J connectivity index is 3.52. The number of hydrogen-bond acceptors (Lipinski definition) is 7. The Bertz CT molecular complexity index is 712. The van der Waals surface area contributed by atoms with Gasteiger partial charge in [0.25, 0.3) is 0 Å². The molecule has 7 heteroatoms. The third-order valence-corrected chi connectivity index (χ3v) is 3.43. The van der Waals surface area contributed by atoms with Crippen LogP contribution >= 0.6 is 0 Å². The molecule has 0 aliphatic carbocycles. The normalized spacial score (nSPS) is 11.9. The van der Waals surface area contributed by atoms with Gasteiger partial charge in [0, 0.05) is 11.3 Å². The smallest absolute Gasteiger partial charge is 0.338 e. The van der Waals surface area contributed by atoms with E-state index in [1.165, 1.54) is 19.2 Å². The Morgan fingerprint density at radius 3 is 1.74 bits per heavy atom. The summed E-state index contributed by atoms with van der Waals surface area (Å²) >= 11 is 0. The number of ether oxygens (including phenoxy) is 3. The van der Waals surface area contributed by atoms with Gasteiger partial charge < -0.3 is 19.9 Å². The molecule has 2 N–H and O–H groups in total. The third kappa shape index (κ3) is 6.27. The molecule has 1 aromatic carbocycles. The topological polar surface area (TPSA) is 105 Å². The van der Waals surface area contributed by atoms with E-state index >= 15 is 0 Å². The van der Waals surface area contributed by atoms with Crippen molar-refractivity contribution in [2.24, 2.45) is 0 Å². The SMILES string of the molecule is COC(=O)c1cc(C(C(=O)OC(C)(C)C)C(=O)OC(C)(C)C)c(N)cc1C. The van der Waals surface area contributed by atoms with Crippen LogP contribution in [0.2, 0.25) is 0 Å². The quantitative estimate of drug-likeness (QED) is 0.371. The Labute approximate surface area is 160 Å². The molecule has 7 nitrogen and oxygen atoms in total. The van der Waals surface area contributed by atoms with Crippen molar-refractivity contribution < 1.29 is 28.6 Å². The van der Waals surface area contributed by atoms with Crippen LogP contribution in [-0.2, 0) is 23.8 Å². The predicted octanol–water partition coefficient (Wildman–Crippen LogP) is 3.13. The molecule has 0 unspecified atom stereocenters. The highest BCUT2D eigenvalue weighted by molar-refractivity contribution is 6.03. The molecule has 0 radical (unpaired) electrons. The van der Waals surface area contributed by atoms with Crippen LogP contribution in [0.3, 0.4) is 0 Å². The van der Waals surface area contributed by atoms with E-state index < -0.39 is 35.0 Å². The van der Waals surface area contributed by atoms with Crippen LogP contribution in [0.1, 0.15) is 68.9 Å². The lowest BCUT2D eigenvalue weighted by molar-refractivity contribution is -0.169. The van der Waals surface area contributed by atoms with Gasteiger partial charge in [-0.3, -0.25) is 9.59 Å². The van der Waals surface area contributed by atoms with Crippen molar-refractivity contribution in [2.45, 2.75) is 65.6 Å². The molecule has 0 bridgehead atoms. The van der Waals surface area contributed by atoms with Crippen molar-refractivity contribution in [1.29, 1.82) is 0 Å². The molecule has 1 aromatic rings. The van der Waals surface area contributed by atoms with E-state index in [1.807, 2.05) is 0 Å². The van der Waals surface area contributed by atoms with Crippen molar-refractivity contribution in [3.05, 3.63) is 28.8 Å². The summed E-state index contributed by atoms with van der Waals surface area (Å²) in [4.78, 5) is 37.6. The van der Waals surface area contributed by atoms with Crippen LogP contribution < -0.4 is 5.73 Å². The lowest BCUT2D eigenvalue weighted by Crippen LogP contribution is -2.36. The maximum Gasteiger partial charge on any atom is 0.338 e. The van der Waals surface area contributed by atoms with E-state index in [0.29, 0.717) is 5.56 Å². The Morgan fingerprint density at radius 2 is 1.37 bits per heavy atom. The van der Waals surface area contributed by atoms with Crippen LogP contribution in [0.25, 0.3) is 0 Å². The molecular formula is C20H29NO6. The van der Waals surface area contributed by atoms with E-state index in [9.17, 15) is 14.4 Å². The number of rotatable bonds is 4. The van der Waals surface area contributed by atoms with Gasteiger partial charge >= 0.3 is 17.9 Å². The van der Waals surface area contributed by atoms with Gasteiger partial charge in [0.1, 0.15) is 11.2 Å². The fraction of sp³-hybridized carbons (Fsp3) is 0.550. The van der Waals surface area contributed by atoms with Gasteiger partial charge in [-0.2, -0.15) is 0 Å². The zero-order valence-electron chi connectivity index (χ0n) is 17.3. The molecule has 0 saturated carbocycles. The molecule has 0 saturated heterocycles. The first kappa shape index (κ1) is 22.5. The summed E-state index contributed by atoms with van der Waals surface area (Å²) < 4.78 is 15.5. The molecule has 27 heavy (non-hydrogen) atoms. The van der Waals surface area contributed by atoms with Gasteiger partial charge in [-0.25, -0.2) is 4.79 Å². The van der Waals surface area contributed by atoms with Crippen LogP contribution in [0.4, 0.5) is 5.69 Å². The van der Waals surface area contributed by atoms with E-state index in [4.69, 9.17) is 19.9 Å². The Kier molecular flexibility index (Phi) is 6.64. The number of carbonyl (C=O) groups is 3. The second-order valence-corrected chi connectivity index (χ2v) is 8.29. The molecule has 0 fully saturated rings. The van der Waals surface area contributed by atoms with Gasteiger partial charge in [-0.05, 0) is 66.2 Å². The summed E-state index contributed by atoms with van der Waals surface area (Å²) in [5.41, 5.74) is 5.53. The summed E-state index contributed by atoms with van der Waals surface area (Å²) in [7, 11) is 1.25. The van der Waals surface area contributed by atoms with Crippen molar-refractivity contribution in [3.63, 3.8) is 0 Å². The zero-order chi connectivity index (χ0) is 21.2. The van der Waals surface area contributed by atoms with Gasteiger partial charge in [0.15, 0.2) is 5.92 Å². The van der Waals surface area contributed by atoms with Gasteiger partial charge in [0.05, 0.1) is 12.7 Å². The second kappa shape index (κ2) is 7.98. The summed E-state index contributed by atoms with van der Waals surface area (Å²) in [6, 6.07) is 2.90. The largest absolute Gasteiger partial charge is 0.465 e. The van der Waals surface area contributed by atoms with E-state index in [-0.39, 0.29) is 16.8 Å². The number of methoxy groups -OCH3 is 1. The van der Waals surface area contributed by atoms with Crippen molar-refractivity contribution >= 4 is 23.6 Å². The average molecular weight is 379 g/mol. The highest BCUT2D eigenvalue weighted by Gasteiger charge is 2.38. The van der Waals surface area contributed by atoms with E-state index in [2.05, 4.69) is 0 Å². The van der Waals surface area contributed by atoms with Crippen molar-refractivity contribution in [2.75, 3.05) is 12.8 Å². The number of anilines is 1. The number of aryl methyl sites for hydroxylation is 1. The Morgan fingerprint density at radius 1 is 0.926 bits per heavy atom. The van der Waals surface area contributed by atoms with Gasteiger partial charge in [0.2, 0.25) is 0 Å². The number of benzene rings is 1. The first-order valence-corrected chi connectivity index (χ1v) is 8.60. The maximum atomic E-state index is 12.8. The summed E-state index contributed by atoms with van der Waals surface area (Å²) in [5.74, 6) is -3.63. The first-order chi connectivity index (χ1) is 12.2. The molecule has 0 spiro atoms. The van der Waals surface area contributed by atoms with Crippen LogP contribution in [0.15, 0.2) is 12.1 Å². The third-order valence-electron chi connectivity index (χ3n) is 3.43. The summed E-state index contributed by atoms with van der Waals surface area (Å²) in [6.45, 7) is 11.8. The minimum atomic E-state index is -1.42. The minimum absolute atomic E-state index is 0.143. The van der Waals surface area contributed by atoms with Crippen LogP contribution in [0, 0.1) is 6.92 Å². The summed E-state index contributed by atoms with van der Waals surface area (Å²) in [6.07, 6.45) is 0. The number of esters is 3. The van der Waals surface area contributed by atoms with Crippen LogP contribution in [0.5, 0.6) is 0 Å². The Hall–Kier alpha value is -2.57. The zero-order valence-corrected chi connectivity index (χ0v) is 17.3. The molecule has 150 valence electrons. The number of carbonyl (C=O) groups excluding carboxylic acids is 3. The lowest BCUT2D eigenvalue weighted by Gasteiger charge is -2.27. The van der Waals surface area contributed by atoms with E-state index in [0.717, 1.165) is 0 Å². The predicted molar refractivity (Wildman–Crippen MR) is 101 cm³/mol. The monoisotopic (exact) mass is 379 g/mol. The fourth-order valence-electron chi connectivity index (χ4n) is 2.40. The molecule has 0 aliphatic heterocycles. The molecule has 0 aliphatic rings. The molecule has 0 aromatic heterocycles. The lowest BCUT2D eigenvalue weighted by atomic mass is 9.92. The second-order valence-electron chi connectivity index (χ2n) is 8.29. The molecule has 0 amide bonds. The molecule has 0 atom stereocenters. The average Bonchev–Trinajstić information content (AvgIpc) is 2.45. The minimum Gasteiger partial charge on any atom is -0.465 e. The molecule has 1 rings (SSSR count). The number of nitrogens with two attached hydrogens (primary N) is 1. The van der Waals surface area contributed by atoms with Crippen molar-refractivity contribution in [3.8, 4) is 0 Å². The highest BCUT2D eigenvalue weighted by atomic mass is 16.6. The van der Waals surface area contributed by atoms with Gasteiger partial charge in [-0.15, -0.1) is 0 Å². The summed E-state index contributed by atoms with van der Waals surface area (Å²) in [5, 5.41) is 0. The fourth-order valence-corrected chi connectivity index (χ4v) is 2.40. The first-order valence-electron chi connectivity index (χ1n) is 8.60.